The zero-order valence-corrected chi connectivity index (χ0v) is 12.7. The van der Waals surface area contributed by atoms with Gasteiger partial charge in [0.2, 0.25) is 17.8 Å². The Morgan fingerprint density at radius 2 is 1.95 bits per heavy atom. The highest BCUT2D eigenvalue weighted by Gasteiger charge is 2.13. The maximum Gasteiger partial charge on any atom is 0.243 e. The van der Waals surface area contributed by atoms with Gasteiger partial charge in [-0.2, -0.15) is 15.0 Å². The molecule has 4 N–H and O–H groups in total. The Labute approximate surface area is 121 Å². The summed E-state index contributed by atoms with van der Waals surface area (Å²) in [6, 6.07) is 0.0109. The molecule has 9 heteroatoms. The van der Waals surface area contributed by atoms with Crippen molar-refractivity contribution in [1.82, 2.24) is 19.9 Å². The highest BCUT2D eigenvalue weighted by atomic mass is 32.1. The van der Waals surface area contributed by atoms with Crippen molar-refractivity contribution in [1.29, 1.82) is 0 Å². The molecule has 0 saturated heterocycles. The van der Waals surface area contributed by atoms with Gasteiger partial charge in [-0.25, -0.2) is 10.8 Å². The second kappa shape index (κ2) is 5.97. The fourth-order valence-corrected chi connectivity index (χ4v) is 2.30. The lowest BCUT2D eigenvalue weighted by Gasteiger charge is -2.15. The van der Waals surface area contributed by atoms with Crippen LogP contribution in [0, 0.1) is 6.92 Å². The zero-order valence-electron chi connectivity index (χ0n) is 11.9. The fraction of sp³-hybridized carbons (Fsp3) is 0.455. The van der Waals surface area contributed by atoms with Crippen molar-refractivity contribution in [2.24, 2.45) is 5.84 Å². The van der Waals surface area contributed by atoms with E-state index in [1.54, 1.807) is 16.2 Å². The second-order valence-electron chi connectivity index (χ2n) is 4.50. The number of thiazole rings is 1. The van der Waals surface area contributed by atoms with Gasteiger partial charge in [-0.15, -0.1) is 11.3 Å². The molecule has 20 heavy (non-hydrogen) atoms. The monoisotopic (exact) mass is 294 g/mol. The van der Waals surface area contributed by atoms with E-state index in [1.807, 2.05) is 34.1 Å². The maximum atomic E-state index is 5.37. The molecule has 2 aromatic rings. The van der Waals surface area contributed by atoms with Gasteiger partial charge < -0.3 is 10.2 Å². The van der Waals surface area contributed by atoms with Gasteiger partial charge in [0, 0.05) is 25.2 Å². The number of nitrogens with one attached hydrogen (secondary N) is 2. The minimum atomic E-state index is 0.0109. The molecule has 0 spiro atoms. The lowest BCUT2D eigenvalue weighted by Crippen LogP contribution is -2.19. The molecule has 0 aliphatic heterocycles. The number of nitrogens with zero attached hydrogens (tertiary/aromatic N) is 5. The Kier molecular flexibility index (Phi) is 4.30. The first-order chi connectivity index (χ1) is 9.49. The van der Waals surface area contributed by atoms with Crippen LogP contribution in [-0.4, -0.2) is 34.0 Å². The van der Waals surface area contributed by atoms with Crippen LogP contribution in [0.5, 0.6) is 0 Å². The molecule has 0 aliphatic carbocycles. The Bertz CT molecular complexity index is 582. The van der Waals surface area contributed by atoms with Crippen molar-refractivity contribution >= 4 is 29.2 Å². The Morgan fingerprint density at radius 1 is 1.25 bits per heavy atom. The third kappa shape index (κ3) is 3.31. The fourth-order valence-electron chi connectivity index (χ4n) is 1.52. The summed E-state index contributed by atoms with van der Waals surface area (Å²) in [4.78, 5) is 20.0. The van der Waals surface area contributed by atoms with E-state index < -0.39 is 0 Å². The summed E-state index contributed by atoms with van der Waals surface area (Å²) in [5.41, 5.74) is 2.44. The molecule has 0 radical (unpaired) electrons. The molecule has 1 atom stereocenters. The van der Waals surface area contributed by atoms with Crippen LogP contribution < -0.4 is 21.5 Å². The Balaban J connectivity index is 2.21. The predicted octanol–water partition coefficient (Wildman–Crippen LogP) is 1.16. The molecule has 1 unspecified atom stereocenters. The van der Waals surface area contributed by atoms with Crippen molar-refractivity contribution in [2.45, 2.75) is 19.9 Å². The van der Waals surface area contributed by atoms with E-state index in [1.165, 1.54) is 4.88 Å². The van der Waals surface area contributed by atoms with Gasteiger partial charge in [0.25, 0.3) is 0 Å². The van der Waals surface area contributed by atoms with Crippen LogP contribution in [0.2, 0.25) is 0 Å². The number of hydrazine groups is 1. The van der Waals surface area contributed by atoms with Crippen molar-refractivity contribution in [3.63, 3.8) is 0 Å². The quantitative estimate of drug-likeness (QED) is 0.557. The molecular weight excluding hydrogens is 276 g/mol. The first kappa shape index (κ1) is 14.4. The van der Waals surface area contributed by atoms with E-state index in [9.17, 15) is 0 Å². The third-order valence-corrected chi connectivity index (χ3v) is 3.60. The first-order valence-corrected chi connectivity index (χ1v) is 6.90. The van der Waals surface area contributed by atoms with Crippen molar-refractivity contribution in [2.75, 3.05) is 29.7 Å². The highest BCUT2D eigenvalue weighted by molar-refractivity contribution is 7.11. The van der Waals surface area contributed by atoms with Gasteiger partial charge in [-0.1, -0.05) is 0 Å². The third-order valence-electron chi connectivity index (χ3n) is 2.51. The molecule has 108 valence electrons. The van der Waals surface area contributed by atoms with E-state index in [0.29, 0.717) is 17.8 Å². The molecule has 2 aromatic heterocycles. The largest absolute Gasteiger partial charge is 0.347 e. The molecule has 2 heterocycles. The summed E-state index contributed by atoms with van der Waals surface area (Å²) in [6.07, 6.45) is 1.85. The molecule has 8 nitrogen and oxygen atoms in total. The number of nitrogen functional groups attached to an aromatic ring is 1. The Morgan fingerprint density at radius 3 is 2.50 bits per heavy atom. The minimum Gasteiger partial charge on any atom is -0.347 e. The van der Waals surface area contributed by atoms with Crippen LogP contribution in [0.4, 0.5) is 17.8 Å². The van der Waals surface area contributed by atoms with Crippen LogP contribution in [-0.2, 0) is 0 Å². The number of hydrogen-bond acceptors (Lipinski definition) is 9. The summed E-state index contributed by atoms with van der Waals surface area (Å²) in [7, 11) is 3.71. The van der Waals surface area contributed by atoms with Crippen LogP contribution in [0.15, 0.2) is 6.20 Å². The van der Waals surface area contributed by atoms with Gasteiger partial charge in [-0.3, -0.25) is 5.43 Å². The molecule has 0 aliphatic rings. The number of nitrogens with two attached hydrogens (primary N) is 1. The number of hydrogen-bond donors (Lipinski definition) is 3. The van der Waals surface area contributed by atoms with Gasteiger partial charge in [-0.05, 0) is 13.8 Å². The molecule has 0 bridgehead atoms. The molecule has 0 saturated carbocycles. The molecular formula is C11H18N8S. The van der Waals surface area contributed by atoms with E-state index >= 15 is 0 Å². The number of aryl methyl sites for hydroxylation is 1. The van der Waals surface area contributed by atoms with Gasteiger partial charge in [0.1, 0.15) is 5.01 Å². The van der Waals surface area contributed by atoms with Crippen LogP contribution in [0.25, 0.3) is 0 Å². The maximum absolute atomic E-state index is 5.37. The number of rotatable bonds is 5. The number of aromatic nitrogens is 4. The Hall–Kier alpha value is -2.00. The summed E-state index contributed by atoms with van der Waals surface area (Å²) in [5, 5.41) is 4.19. The molecule has 2 rings (SSSR count). The van der Waals surface area contributed by atoms with Crippen molar-refractivity contribution in [3.05, 3.63) is 16.1 Å². The normalized spacial score (nSPS) is 12.1. The standard InChI is InChI=1S/C11H18N8S/c1-6-5-13-8(20-6)7(2)14-9-15-10(18-12)17-11(16-9)19(3)4/h5,7H,12H2,1-4H3,(H2,14,15,16,17,18). The van der Waals surface area contributed by atoms with Crippen LogP contribution >= 0.6 is 11.3 Å². The van der Waals surface area contributed by atoms with Crippen molar-refractivity contribution < 1.29 is 0 Å². The summed E-state index contributed by atoms with van der Waals surface area (Å²) < 4.78 is 0. The highest BCUT2D eigenvalue weighted by Crippen LogP contribution is 2.22. The minimum absolute atomic E-state index is 0.0109. The lowest BCUT2D eigenvalue weighted by atomic mass is 10.4. The lowest BCUT2D eigenvalue weighted by molar-refractivity contribution is 0.837. The van der Waals surface area contributed by atoms with E-state index in [4.69, 9.17) is 5.84 Å². The van der Waals surface area contributed by atoms with Crippen LogP contribution in [0.3, 0.4) is 0 Å². The van der Waals surface area contributed by atoms with Crippen LogP contribution in [0.1, 0.15) is 22.9 Å². The molecule has 0 fully saturated rings. The SMILES string of the molecule is Cc1cnc(C(C)Nc2nc(NN)nc(N(C)C)n2)s1. The van der Waals surface area contributed by atoms with E-state index in [0.717, 1.165) is 5.01 Å². The summed E-state index contributed by atoms with van der Waals surface area (Å²) >= 11 is 1.64. The van der Waals surface area contributed by atoms with Gasteiger partial charge in [0.15, 0.2) is 0 Å². The van der Waals surface area contributed by atoms with Gasteiger partial charge >= 0.3 is 0 Å². The second-order valence-corrected chi connectivity index (χ2v) is 5.76. The van der Waals surface area contributed by atoms with Crippen molar-refractivity contribution in [3.8, 4) is 0 Å². The molecule has 0 aromatic carbocycles. The smallest absolute Gasteiger partial charge is 0.243 e. The predicted molar refractivity (Wildman–Crippen MR) is 80.9 cm³/mol. The first-order valence-electron chi connectivity index (χ1n) is 6.08. The molecule has 0 amide bonds. The number of anilines is 3. The average Bonchev–Trinajstić information content (AvgIpc) is 2.85. The topological polar surface area (TPSA) is 105 Å². The van der Waals surface area contributed by atoms with E-state index in [2.05, 4.69) is 30.7 Å². The average molecular weight is 294 g/mol. The van der Waals surface area contributed by atoms with Gasteiger partial charge in [0.05, 0.1) is 6.04 Å². The van der Waals surface area contributed by atoms with E-state index in [-0.39, 0.29) is 6.04 Å². The summed E-state index contributed by atoms with van der Waals surface area (Å²) in [5.74, 6) is 6.67. The summed E-state index contributed by atoms with van der Waals surface area (Å²) in [6.45, 7) is 4.03. The zero-order chi connectivity index (χ0) is 14.7.